The lowest BCUT2D eigenvalue weighted by molar-refractivity contribution is -0.963. The summed E-state index contributed by atoms with van der Waals surface area (Å²) in [5.41, 5.74) is 0. The number of nitrogens with zero attached hydrogens (tertiary/aromatic N) is 4. The molecule has 22 heavy (non-hydrogen) atoms. The third-order valence-electron chi connectivity index (χ3n) is 5.68. The summed E-state index contributed by atoms with van der Waals surface area (Å²) in [7, 11) is 19.3. The van der Waals surface area contributed by atoms with Crippen LogP contribution in [0.15, 0.2) is 0 Å². The van der Waals surface area contributed by atoms with Crippen LogP contribution in [0, 0.1) is 0 Å². The summed E-state index contributed by atoms with van der Waals surface area (Å²) < 4.78 is 4.68. The van der Waals surface area contributed by atoms with E-state index in [1.807, 2.05) is 0 Å². The molecular weight excluding hydrogens is 272 g/mol. The predicted molar refractivity (Wildman–Crippen MR) is 96.6 cm³/mol. The Morgan fingerprint density at radius 2 is 0.500 bits per heavy atom. The van der Waals surface area contributed by atoms with Crippen LogP contribution in [0.3, 0.4) is 0 Å². The lowest BCUT2D eigenvalue weighted by Crippen LogP contribution is -2.55. The zero-order valence-electron chi connectivity index (χ0n) is 16.9. The Bertz CT molecular complexity index is 279. The lowest BCUT2D eigenvalue weighted by atomic mass is 10.2. The molecule has 1 fully saturated rings. The summed E-state index contributed by atoms with van der Waals surface area (Å²) in [5, 5.41) is 0. The van der Waals surface area contributed by atoms with Gasteiger partial charge >= 0.3 is 0 Å². The molecule has 1 heterocycles. The van der Waals surface area contributed by atoms with E-state index < -0.39 is 0 Å². The predicted octanol–water partition coefficient (Wildman–Crippen LogP) is 1.09. The molecule has 4 nitrogen and oxygen atoms in total. The van der Waals surface area contributed by atoms with Gasteiger partial charge in [-0.05, 0) is 0 Å². The molecule has 0 atom stereocenters. The van der Waals surface area contributed by atoms with Gasteiger partial charge in [0.2, 0.25) is 0 Å². The molecule has 1 saturated heterocycles. The van der Waals surface area contributed by atoms with E-state index in [9.17, 15) is 0 Å². The van der Waals surface area contributed by atoms with Crippen molar-refractivity contribution >= 4 is 0 Å². The molecule has 0 unspecified atom stereocenters. The van der Waals surface area contributed by atoms with Crippen LogP contribution in [-0.2, 0) is 0 Å². The average Bonchev–Trinajstić information content (AvgIpc) is 2.33. The minimum absolute atomic E-state index is 1.17. The summed E-state index contributed by atoms with van der Waals surface area (Å²) in [4.78, 5) is 0. The minimum Gasteiger partial charge on any atom is -0.324 e. The van der Waals surface area contributed by atoms with Crippen molar-refractivity contribution in [3.63, 3.8) is 0 Å². The summed E-state index contributed by atoms with van der Waals surface area (Å²) in [5.74, 6) is 0. The maximum Gasteiger partial charge on any atom is 0.128 e. The monoisotopic (exact) mass is 316 g/mol. The first kappa shape index (κ1) is 19.9. The van der Waals surface area contributed by atoms with Crippen molar-refractivity contribution in [3.05, 3.63) is 0 Å². The topological polar surface area (TPSA) is 0 Å². The molecule has 0 aliphatic carbocycles. The highest BCUT2D eigenvalue weighted by Crippen LogP contribution is 2.11. The van der Waals surface area contributed by atoms with Crippen molar-refractivity contribution in [1.82, 2.24) is 0 Å². The Balaban J connectivity index is 2.74. The third kappa shape index (κ3) is 7.91. The van der Waals surface area contributed by atoms with Crippen LogP contribution in [0.4, 0.5) is 0 Å². The van der Waals surface area contributed by atoms with E-state index in [2.05, 4.69) is 56.4 Å². The molecule has 1 aliphatic heterocycles. The number of hydrogen-bond donors (Lipinski definition) is 0. The van der Waals surface area contributed by atoms with Crippen molar-refractivity contribution in [2.75, 3.05) is 109 Å². The van der Waals surface area contributed by atoms with Crippen LogP contribution in [0.25, 0.3) is 0 Å². The fraction of sp³-hybridized carbons (Fsp3) is 1.00. The van der Waals surface area contributed by atoms with Crippen molar-refractivity contribution in [2.45, 2.75) is 12.8 Å². The van der Waals surface area contributed by atoms with Gasteiger partial charge in [0.15, 0.2) is 0 Å². The summed E-state index contributed by atoms with van der Waals surface area (Å²) in [6, 6.07) is 0. The van der Waals surface area contributed by atoms with Gasteiger partial charge in [0, 0.05) is 12.8 Å². The van der Waals surface area contributed by atoms with Crippen molar-refractivity contribution in [2.24, 2.45) is 0 Å². The second-order valence-corrected chi connectivity index (χ2v) is 10.2. The molecule has 1 aliphatic rings. The SMILES string of the molecule is C[N+]1(C)CCC[N+](C)(C)CC[N+](C)(C)CCC[N+](C)(C)CC1. The molecule has 0 aromatic heterocycles. The average molecular weight is 317 g/mol. The van der Waals surface area contributed by atoms with Crippen molar-refractivity contribution < 1.29 is 17.9 Å². The second kappa shape index (κ2) is 7.16. The fourth-order valence-corrected chi connectivity index (χ4v) is 3.38. The minimum atomic E-state index is 1.17. The van der Waals surface area contributed by atoms with Crippen LogP contribution >= 0.6 is 0 Å². The standard InChI is InChI=1S/C18H44N4/c1-19(2)11-9-12-21(5,6)17-18-22(7,8)14-10-13-20(3,4)16-15-19/h9-18H2,1-8H3/q+4. The van der Waals surface area contributed by atoms with E-state index in [4.69, 9.17) is 0 Å². The Kier molecular flexibility index (Phi) is 6.48. The third-order valence-corrected chi connectivity index (χ3v) is 5.68. The first-order valence-corrected chi connectivity index (χ1v) is 9.11. The van der Waals surface area contributed by atoms with Gasteiger partial charge < -0.3 is 17.9 Å². The first-order valence-electron chi connectivity index (χ1n) is 9.11. The van der Waals surface area contributed by atoms with Crippen molar-refractivity contribution in [3.8, 4) is 0 Å². The smallest absolute Gasteiger partial charge is 0.128 e. The Morgan fingerprint density at radius 1 is 0.318 bits per heavy atom. The van der Waals surface area contributed by atoms with Crippen LogP contribution in [0.1, 0.15) is 12.8 Å². The molecular formula is C18H44N4+4. The van der Waals surface area contributed by atoms with Gasteiger partial charge in [0.25, 0.3) is 0 Å². The first-order chi connectivity index (χ1) is 9.83. The quantitative estimate of drug-likeness (QED) is 0.587. The van der Waals surface area contributed by atoms with Gasteiger partial charge in [0.05, 0.1) is 82.6 Å². The van der Waals surface area contributed by atoms with E-state index in [0.717, 1.165) is 0 Å². The van der Waals surface area contributed by atoms with Crippen LogP contribution in [0.5, 0.6) is 0 Å². The van der Waals surface area contributed by atoms with Gasteiger partial charge in [-0.15, -0.1) is 0 Å². The molecule has 0 bridgehead atoms. The van der Waals surface area contributed by atoms with Gasteiger partial charge in [-0.3, -0.25) is 0 Å². The summed E-state index contributed by atoms with van der Waals surface area (Å²) in [6.45, 7) is 10.4. The molecule has 1 rings (SSSR count). The molecule has 0 aromatic carbocycles. The fourth-order valence-electron chi connectivity index (χ4n) is 3.38. The molecule has 132 valence electrons. The van der Waals surface area contributed by atoms with Gasteiger partial charge in [-0.1, -0.05) is 0 Å². The molecule has 0 spiro atoms. The van der Waals surface area contributed by atoms with Crippen LogP contribution < -0.4 is 0 Å². The highest BCUT2D eigenvalue weighted by molar-refractivity contribution is 4.45. The normalized spacial score (nSPS) is 29.5. The van der Waals surface area contributed by atoms with E-state index in [-0.39, 0.29) is 0 Å². The molecule has 0 amide bonds. The second-order valence-electron chi connectivity index (χ2n) is 10.2. The molecule has 0 saturated carbocycles. The molecule has 0 aromatic rings. The number of hydrogen-bond acceptors (Lipinski definition) is 0. The maximum atomic E-state index is 2.41. The number of quaternary nitrogens is 4. The number of likely N-dealkylation sites (N-methyl/N-ethyl adjacent to an activating group) is 4. The Morgan fingerprint density at radius 3 is 0.682 bits per heavy atom. The van der Waals surface area contributed by atoms with Gasteiger partial charge in [0.1, 0.15) is 26.2 Å². The Labute approximate surface area is 140 Å². The summed E-state index contributed by atoms with van der Waals surface area (Å²) >= 11 is 0. The number of rotatable bonds is 0. The highest BCUT2D eigenvalue weighted by Gasteiger charge is 2.28. The largest absolute Gasteiger partial charge is 0.324 e. The molecule has 4 heteroatoms. The Hall–Kier alpha value is -0.160. The molecule has 0 N–H and O–H groups in total. The van der Waals surface area contributed by atoms with Crippen molar-refractivity contribution in [1.29, 1.82) is 0 Å². The molecule has 0 radical (unpaired) electrons. The van der Waals surface area contributed by atoms with Gasteiger partial charge in [-0.25, -0.2) is 0 Å². The van der Waals surface area contributed by atoms with E-state index >= 15 is 0 Å². The van der Waals surface area contributed by atoms with E-state index in [1.54, 1.807) is 0 Å². The zero-order chi connectivity index (χ0) is 17.1. The van der Waals surface area contributed by atoms with Gasteiger partial charge in [-0.2, -0.15) is 0 Å². The summed E-state index contributed by atoms with van der Waals surface area (Å²) in [6.07, 6.45) is 2.67. The van der Waals surface area contributed by atoms with E-state index in [0.29, 0.717) is 0 Å². The van der Waals surface area contributed by atoms with E-state index in [1.165, 1.54) is 83.1 Å². The van der Waals surface area contributed by atoms with Crippen LogP contribution in [-0.4, -0.2) is 127 Å². The highest BCUT2D eigenvalue weighted by atomic mass is 15.4. The maximum absolute atomic E-state index is 2.41. The van der Waals surface area contributed by atoms with Crippen LogP contribution in [0.2, 0.25) is 0 Å². The lowest BCUT2D eigenvalue weighted by Gasteiger charge is -2.39. The zero-order valence-corrected chi connectivity index (χ0v) is 16.9.